The highest BCUT2D eigenvalue weighted by molar-refractivity contribution is 7.10. The summed E-state index contributed by atoms with van der Waals surface area (Å²) in [6.07, 6.45) is -2.01. The highest BCUT2D eigenvalue weighted by atomic mass is 32.1. The predicted molar refractivity (Wildman–Crippen MR) is 54.0 cm³/mol. The maximum atomic E-state index is 9.66. The molecule has 0 radical (unpaired) electrons. The van der Waals surface area contributed by atoms with Crippen LogP contribution in [-0.4, -0.2) is 22.9 Å². The Morgan fingerprint density at radius 3 is 2.86 bits per heavy atom. The zero-order valence-corrected chi connectivity index (χ0v) is 8.48. The van der Waals surface area contributed by atoms with Gasteiger partial charge in [-0.25, -0.2) is 0 Å². The summed E-state index contributed by atoms with van der Waals surface area (Å²) in [6, 6.07) is 1.86. The fourth-order valence-corrected chi connectivity index (χ4v) is 2.05. The van der Waals surface area contributed by atoms with Crippen LogP contribution in [0.2, 0.25) is 0 Å². The Morgan fingerprint density at radius 1 is 1.64 bits per heavy atom. The van der Waals surface area contributed by atoms with Crippen LogP contribution in [0.4, 0.5) is 0 Å². The molecule has 2 N–H and O–H groups in total. The van der Waals surface area contributed by atoms with Crippen LogP contribution in [0.3, 0.4) is 0 Å². The van der Waals surface area contributed by atoms with E-state index in [1.54, 1.807) is 0 Å². The molecule has 1 heterocycles. The molecule has 76 valence electrons. The normalized spacial score (nSPS) is 14.5. The average molecular weight is 213 g/mol. The summed E-state index contributed by atoms with van der Waals surface area (Å²) in [4.78, 5) is 3.23. The van der Waals surface area contributed by atoms with Crippen molar-refractivity contribution in [2.75, 3.05) is 6.54 Å². The Kier molecular flexibility index (Phi) is 3.91. The largest absolute Gasteiger partial charge is 0.390 e. The molecule has 0 saturated carbocycles. The third-order valence-electron chi connectivity index (χ3n) is 1.87. The second kappa shape index (κ2) is 4.97. The first kappa shape index (κ1) is 11.0. The lowest BCUT2D eigenvalue weighted by molar-refractivity contribution is 0.0263. The third-order valence-corrected chi connectivity index (χ3v) is 2.96. The second-order valence-corrected chi connectivity index (χ2v) is 3.84. The molecule has 1 rings (SSSR count). The summed E-state index contributed by atoms with van der Waals surface area (Å²) in [5, 5.41) is 24.1. The SMILES string of the molecule is Cc1ccsc1C(O)C(O)CN=[N+]=[N-]. The van der Waals surface area contributed by atoms with Crippen LogP contribution in [-0.2, 0) is 0 Å². The summed E-state index contributed by atoms with van der Waals surface area (Å²) in [6.45, 7) is 1.74. The predicted octanol–water partition coefficient (Wildman–Crippen LogP) is 1.76. The smallest absolute Gasteiger partial charge is 0.114 e. The van der Waals surface area contributed by atoms with Crippen molar-refractivity contribution in [3.8, 4) is 0 Å². The van der Waals surface area contributed by atoms with E-state index >= 15 is 0 Å². The number of rotatable bonds is 4. The number of aliphatic hydroxyl groups is 2. The summed E-state index contributed by atoms with van der Waals surface area (Å²) < 4.78 is 0. The molecule has 2 atom stereocenters. The number of thiophene rings is 1. The zero-order chi connectivity index (χ0) is 10.6. The topological polar surface area (TPSA) is 89.2 Å². The van der Waals surface area contributed by atoms with Gasteiger partial charge in [-0.15, -0.1) is 11.3 Å². The Labute approximate surface area is 85.3 Å². The third kappa shape index (κ3) is 2.46. The van der Waals surface area contributed by atoms with Crippen LogP contribution in [0.1, 0.15) is 16.5 Å². The van der Waals surface area contributed by atoms with Crippen LogP contribution >= 0.6 is 11.3 Å². The molecule has 0 spiro atoms. The van der Waals surface area contributed by atoms with E-state index in [0.717, 1.165) is 5.56 Å². The summed E-state index contributed by atoms with van der Waals surface area (Å²) in [5.74, 6) is 0. The van der Waals surface area contributed by atoms with Gasteiger partial charge in [0.05, 0.1) is 12.6 Å². The Morgan fingerprint density at radius 2 is 2.36 bits per heavy atom. The molecular formula is C8H11N3O2S. The van der Waals surface area contributed by atoms with Crippen molar-refractivity contribution in [2.45, 2.75) is 19.1 Å². The van der Waals surface area contributed by atoms with Gasteiger partial charge in [0.15, 0.2) is 0 Å². The quantitative estimate of drug-likeness (QED) is 0.453. The van der Waals surface area contributed by atoms with E-state index in [-0.39, 0.29) is 6.54 Å². The molecule has 0 bridgehead atoms. The highest BCUT2D eigenvalue weighted by Crippen LogP contribution is 2.26. The Bertz CT molecular complexity index is 346. The zero-order valence-electron chi connectivity index (χ0n) is 7.66. The number of nitrogens with zero attached hydrogens (tertiary/aromatic N) is 3. The average Bonchev–Trinajstić information content (AvgIpc) is 2.59. The minimum absolute atomic E-state index is 0.116. The molecule has 1 aromatic rings. The number of aliphatic hydroxyl groups excluding tert-OH is 2. The highest BCUT2D eigenvalue weighted by Gasteiger charge is 2.20. The van der Waals surface area contributed by atoms with Gasteiger partial charge in [-0.1, -0.05) is 5.11 Å². The first-order chi connectivity index (χ1) is 6.66. The summed E-state index contributed by atoms with van der Waals surface area (Å²) in [7, 11) is 0. The first-order valence-electron chi connectivity index (χ1n) is 4.07. The summed E-state index contributed by atoms with van der Waals surface area (Å²) in [5.41, 5.74) is 8.98. The van der Waals surface area contributed by atoms with Crippen LogP contribution in [0.5, 0.6) is 0 Å². The van der Waals surface area contributed by atoms with E-state index in [0.29, 0.717) is 4.88 Å². The molecule has 0 fully saturated rings. The molecule has 0 saturated heterocycles. The van der Waals surface area contributed by atoms with Gasteiger partial charge in [-0.3, -0.25) is 0 Å². The number of hydrogen-bond acceptors (Lipinski definition) is 4. The lowest BCUT2D eigenvalue weighted by atomic mass is 10.1. The van der Waals surface area contributed by atoms with Crippen LogP contribution in [0, 0.1) is 6.92 Å². The van der Waals surface area contributed by atoms with E-state index in [1.807, 2.05) is 18.4 Å². The Hall–Kier alpha value is -1.07. The van der Waals surface area contributed by atoms with Gasteiger partial charge in [0.25, 0.3) is 0 Å². The molecule has 0 aliphatic heterocycles. The van der Waals surface area contributed by atoms with Gasteiger partial charge in [0.2, 0.25) is 0 Å². The van der Waals surface area contributed by atoms with Crippen molar-refractivity contribution in [3.05, 3.63) is 32.3 Å². The van der Waals surface area contributed by atoms with Gasteiger partial charge in [-0.2, -0.15) is 0 Å². The van der Waals surface area contributed by atoms with Crippen molar-refractivity contribution >= 4 is 11.3 Å². The van der Waals surface area contributed by atoms with Gasteiger partial charge >= 0.3 is 0 Å². The number of aryl methyl sites for hydroxylation is 1. The van der Waals surface area contributed by atoms with Crippen molar-refractivity contribution in [1.29, 1.82) is 0 Å². The van der Waals surface area contributed by atoms with Gasteiger partial charge in [-0.05, 0) is 29.5 Å². The fraction of sp³-hybridized carbons (Fsp3) is 0.500. The molecule has 5 nitrogen and oxygen atoms in total. The molecular weight excluding hydrogens is 202 g/mol. The molecule has 1 aromatic heterocycles. The number of hydrogen-bond donors (Lipinski definition) is 2. The van der Waals surface area contributed by atoms with Gasteiger partial charge in [0, 0.05) is 9.79 Å². The van der Waals surface area contributed by atoms with Crippen LogP contribution < -0.4 is 0 Å². The van der Waals surface area contributed by atoms with Crippen molar-refractivity contribution in [2.24, 2.45) is 5.11 Å². The lowest BCUT2D eigenvalue weighted by Crippen LogP contribution is -2.20. The van der Waals surface area contributed by atoms with Crippen LogP contribution in [0.15, 0.2) is 16.6 Å². The molecule has 0 aromatic carbocycles. The van der Waals surface area contributed by atoms with E-state index < -0.39 is 12.2 Å². The summed E-state index contributed by atoms with van der Waals surface area (Å²) >= 11 is 1.37. The van der Waals surface area contributed by atoms with Gasteiger partial charge < -0.3 is 10.2 Å². The minimum Gasteiger partial charge on any atom is -0.390 e. The molecule has 0 aliphatic carbocycles. The molecule has 0 aliphatic rings. The minimum atomic E-state index is -1.04. The standard InChI is InChI=1S/C8H11N3O2S/c1-5-2-3-14-8(5)7(13)6(12)4-10-11-9/h2-3,6-7,12-13H,4H2,1H3. The first-order valence-corrected chi connectivity index (χ1v) is 4.95. The lowest BCUT2D eigenvalue weighted by Gasteiger charge is -2.15. The molecule has 2 unspecified atom stereocenters. The van der Waals surface area contributed by atoms with Crippen molar-refractivity contribution < 1.29 is 10.2 Å². The van der Waals surface area contributed by atoms with Crippen molar-refractivity contribution in [1.82, 2.24) is 0 Å². The van der Waals surface area contributed by atoms with Crippen LogP contribution in [0.25, 0.3) is 10.4 Å². The molecule has 14 heavy (non-hydrogen) atoms. The van der Waals surface area contributed by atoms with Gasteiger partial charge in [0.1, 0.15) is 6.10 Å². The van der Waals surface area contributed by atoms with E-state index in [2.05, 4.69) is 10.0 Å². The fourth-order valence-electron chi connectivity index (χ4n) is 1.08. The number of azide groups is 1. The second-order valence-electron chi connectivity index (χ2n) is 2.89. The maximum absolute atomic E-state index is 9.66. The molecule has 0 amide bonds. The monoisotopic (exact) mass is 213 g/mol. The van der Waals surface area contributed by atoms with Crippen molar-refractivity contribution in [3.63, 3.8) is 0 Å². The molecule has 6 heteroatoms. The Balaban J connectivity index is 2.69. The van der Waals surface area contributed by atoms with E-state index in [1.165, 1.54) is 11.3 Å². The maximum Gasteiger partial charge on any atom is 0.114 e. The van der Waals surface area contributed by atoms with E-state index in [9.17, 15) is 10.2 Å². The van der Waals surface area contributed by atoms with E-state index in [4.69, 9.17) is 5.53 Å².